The Balaban J connectivity index is 2.12. The van der Waals surface area contributed by atoms with Crippen molar-refractivity contribution >= 4 is 5.78 Å². The third-order valence-corrected chi connectivity index (χ3v) is 2.77. The predicted octanol–water partition coefficient (Wildman–Crippen LogP) is 3.92. The Labute approximate surface area is 121 Å². The summed E-state index contributed by atoms with van der Waals surface area (Å²) in [6.45, 7) is -0.446. The Morgan fingerprint density at radius 1 is 0.952 bits per heavy atom. The van der Waals surface area contributed by atoms with Crippen molar-refractivity contribution in [2.75, 3.05) is 6.61 Å². The number of ketones is 1. The van der Waals surface area contributed by atoms with Crippen LogP contribution in [0.4, 0.5) is 8.78 Å². The summed E-state index contributed by atoms with van der Waals surface area (Å²) in [5.74, 6) is 0.518. The van der Waals surface area contributed by atoms with E-state index >= 15 is 0 Å². The smallest absolute Gasteiger partial charge is 0.387 e. The fourth-order valence-corrected chi connectivity index (χ4v) is 1.82. The van der Waals surface area contributed by atoms with Gasteiger partial charge in [-0.25, -0.2) is 0 Å². The van der Waals surface area contributed by atoms with Gasteiger partial charge in [0.15, 0.2) is 5.78 Å². The van der Waals surface area contributed by atoms with Gasteiger partial charge in [-0.2, -0.15) is 8.78 Å². The van der Waals surface area contributed by atoms with Crippen LogP contribution in [-0.4, -0.2) is 19.0 Å². The van der Waals surface area contributed by atoms with E-state index in [2.05, 4.69) is 4.74 Å². The molecule has 3 nitrogen and oxygen atoms in total. The normalized spacial score (nSPS) is 10.5. The molecule has 0 aliphatic carbocycles. The highest BCUT2D eigenvalue weighted by Gasteiger charge is 2.10. The zero-order valence-electron chi connectivity index (χ0n) is 11.4. The summed E-state index contributed by atoms with van der Waals surface area (Å²) < 4.78 is 33.6. The maximum absolute atomic E-state index is 12.2. The Morgan fingerprint density at radius 2 is 1.43 bits per heavy atom. The summed E-state index contributed by atoms with van der Waals surface area (Å²) in [6, 6.07) is 12.3. The number of hydrogen-bond acceptors (Lipinski definition) is 3. The molecule has 21 heavy (non-hydrogen) atoms. The lowest BCUT2D eigenvalue weighted by Gasteiger charge is -2.06. The molecule has 2 rings (SSSR count). The number of carbonyl (C=O) groups is 1. The van der Waals surface area contributed by atoms with Crippen molar-refractivity contribution in [3.05, 3.63) is 59.7 Å². The Bertz CT molecular complexity index is 592. The Morgan fingerprint density at radius 3 is 1.86 bits per heavy atom. The summed E-state index contributed by atoms with van der Waals surface area (Å²) in [5.41, 5.74) is 0.904. The maximum Gasteiger partial charge on any atom is 0.387 e. The van der Waals surface area contributed by atoms with Crippen molar-refractivity contribution in [3.63, 3.8) is 0 Å². The molecule has 0 radical (unpaired) electrons. The first-order valence-corrected chi connectivity index (χ1v) is 6.42. The molecule has 0 heterocycles. The number of hydrogen-bond donors (Lipinski definition) is 0. The third-order valence-electron chi connectivity index (χ3n) is 2.77. The number of alkyl halides is 2. The molecular weight excluding hydrogens is 278 g/mol. The first kappa shape index (κ1) is 15.0. The number of halogens is 2. The monoisotopic (exact) mass is 292 g/mol. The molecular formula is C16H14F2O3. The van der Waals surface area contributed by atoms with Gasteiger partial charge in [0.2, 0.25) is 0 Å². The molecule has 0 aliphatic rings. The van der Waals surface area contributed by atoms with Gasteiger partial charge in [-0.05, 0) is 55.5 Å². The summed E-state index contributed by atoms with van der Waals surface area (Å²) >= 11 is 0. The number of benzene rings is 2. The van der Waals surface area contributed by atoms with Gasteiger partial charge >= 0.3 is 6.61 Å². The average molecular weight is 292 g/mol. The quantitative estimate of drug-likeness (QED) is 0.757. The second-order valence-corrected chi connectivity index (χ2v) is 4.19. The van der Waals surface area contributed by atoms with Crippen LogP contribution >= 0.6 is 0 Å². The van der Waals surface area contributed by atoms with Crippen LogP contribution in [0.15, 0.2) is 48.5 Å². The van der Waals surface area contributed by atoms with Crippen molar-refractivity contribution < 1.29 is 23.0 Å². The number of carbonyl (C=O) groups excluding carboxylic acids is 1. The molecule has 0 aliphatic heterocycles. The van der Waals surface area contributed by atoms with Gasteiger partial charge < -0.3 is 9.47 Å². The molecule has 0 saturated carbocycles. The van der Waals surface area contributed by atoms with E-state index in [1.807, 2.05) is 6.92 Å². The molecule has 0 spiro atoms. The van der Waals surface area contributed by atoms with Crippen LogP contribution in [0.3, 0.4) is 0 Å². The van der Waals surface area contributed by atoms with Gasteiger partial charge in [-0.3, -0.25) is 4.79 Å². The van der Waals surface area contributed by atoms with Crippen LogP contribution in [-0.2, 0) is 0 Å². The van der Waals surface area contributed by atoms with Crippen molar-refractivity contribution in [3.8, 4) is 11.5 Å². The largest absolute Gasteiger partial charge is 0.494 e. The lowest BCUT2D eigenvalue weighted by Crippen LogP contribution is -2.04. The van der Waals surface area contributed by atoms with E-state index in [0.29, 0.717) is 23.5 Å². The van der Waals surface area contributed by atoms with E-state index in [4.69, 9.17) is 4.74 Å². The zero-order chi connectivity index (χ0) is 15.2. The van der Waals surface area contributed by atoms with Gasteiger partial charge in [-0.15, -0.1) is 0 Å². The molecule has 0 amide bonds. The minimum absolute atomic E-state index is 0.0215. The SMILES string of the molecule is CCOc1ccc(C(=O)c2ccc(OC(F)F)cc2)cc1. The van der Waals surface area contributed by atoms with Crippen LogP contribution in [0.5, 0.6) is 11.5 Å². The molecule has 5 heteroatoms. The van der Waals surface area contributed by atoms with E-state index in [1.54, 1.807) is 24.3 Å². The Kier molecular flexibility index (Phi) is 4.87. The molecule has 0 unspecified atom stereocenters. The third kappa shape index (κ3) is 4.02. The fourth-order valence-electron chi connectivity index (χ4n) is 1.82. The predicted molar refractivity (Wildman–Crippen MR) is 74.1 cm³/mol. The van der Waals surface area contributed by atoms with E-state index < -0.39 is 6.61 Å². The molecule has 0 fully saturated rings. The summed E-state index contributed by atoms with van der Waals surface area (Å²) in [7, 11) is 0. The zero-order valence-corrected chi connectivity index (χ0v) is 11.4. The summed E-state index contributed by atoms with van der Waals surface area (Å²) in [4.78, 5) is 12.2. The minimum atomic E-state index is -2.88. The topological polar surface area (TPSA) is 35.5 Å². The molecule has 0 saturated heterocycles. The number of rotatable bonds is 6. The van der Waals surface area contributed by atoms with E-state index in [0.717, 1.165) is 0 Å². The lowest BCUT2D eigenvalue weighted by molar-refractivity contribution is -0.0498. The van der Waals surface area contributed by atoms with Gasteiger partial charge in [-0.1, -0.05) is 0 Å². The average Bonchev–Trinajstić information content (AvgIpc) is 2.48. The van der Waals surface area contributed by atoms with Crippen molar-refractivity contribution in [1.29, 1.82) is 0 Å². The van der Waals surface area contributed by atoms with Crippen LogP contribution in [0.2, 0.25) is 0 Å². The molecule has 2 aromatic carbocycles. The van der Waals surface area contributed by atoms with Crippen LogP contribution in [0, 0.1) is 0 Å². The highest BCUT2D eigenvalue weighted by atomic mass is 19.3. The second kappa shape index (κ2) is 6.83. The van der Waals surface area contributed by atoms with Crippen LogP contribution in [0.25, 0.3) is 0 Å². The first-order chi connectivity index (χ1) is 10.1. The standard InChI is InChI=1S/C16H14F2O3/c1-2-20-13-7-3-11(4-8-13)15(19)12-5-9-14(10-6-12)21-16(17)18/h3-10,16H,2H2,1H3. The van der Waals surface area contributed by atoms with Crippen molar-refractivity contribution in [2.24, 2.45) is 0 Å². The second-order valence-electron chi connectivity index (χ2n) is 4.19. The molecule has 0 N–H and O–H groups in total. The van der Waals surface area contributed by atoms with Gasteiger partial charge in [0.05, 0.1) is 6.61 Å². The molecule has 0 atom stereocenters. The molecule has 0 aromatic heterocycles. The molecule has 110 valence electrons. The maximum atomic E-state index is 12.2. The van der Waals surface area contributed by atoms with E-state index in [-0.39, 0.29) is 11.5 Å². The lowest BCUT2D eigenvalue weighted by atomic mass is 10.0. The van der Waals surface area contributed by atoms with Gasteiger partial charge in [0.25, 0.3) is 0 Å². The first-order valence-electron chi connectivity index (χ1n) is 6.42. The highest BCUT2D eigenvalue weighted by molar-refractivity contribution is 6.09. The summed E-state index contributed by atoms with van der Waals surface area (Å²) in [6.07, 6.45) is 0. The minimum Gasteiger partial charge on any atom is -0.494 e. The number of ether oxygens (including phenoxy) is 2. The van der Waals surface area contributed by atoms with E-state index in [9.17, 15) is 13.6 Å². The molecule has 2 aromatic rings. The van der Waals surface area contributed by atoms with Crippen LogP contribution < -0.4 is 9.47 Å². The fraction of sp³-hybridized carbons (Fsp3) is 0.188. The molecule has 0 bridgehead atoms. The van der Waals surface area contributed by atoms with E-state index in [1.165, 1.54) is 24.3 Å². The Hall–Kier alpha value is -2.43. The van der Waals surface area contributed by atoms with Gasteiger partial charge in [0.1, 0.15) is 11.5 Å². The van der Waals surface area contributed by atoms with Crippen molar-refractivity contribution in [1.82, 2.24) is 0 Å². The van der Waals surface area contributed by atoms with Crippen molar-refractivity contribution in [2.45, 2.75) is 13.5 Å². The summed E-state index contributed by atoms with van der Waals surface area (Å²) in [5, 5.41) is 0. The van der Waals surface area contributed by atoms with Gasteiger partial charge in [0, 0.05) is 11.1 Å². The van der Waals surface area contributed by atoms with Crippen LogP contribution in [0.1, 0.15) is 22.8 Å². The highest BCUT2D eigenvalue weighted by Crippen LogP contribution is 2.19.